The zero-order valence-corrected chi connectivity index (χ0v) is 15.3. The molecule has 1 aliphatic carbocycles. The smallest absolute Gasteiger partial charge is 0.213 e. The number of guanidine groups is 1. The first-order valence-electron chi connectivity index (χ1n) is 7.35. The van der Waals surface area contributed by atoms with Crippen LogP contribution in [0, 0.1) is 5.92 Å². The molecule has 118 valence electrons. The van der Waals surface area contributed by atoms with Gasteiger partial charge in [-0.15, -0.1) is 24.0 Å². The number of aliphatic imine (C=N–C) groups is 1. The van der Waals surface area contributed by atoms with Gasteiger partial charge in [-0.05, 0) is 37.8 Å². The van der Waals surface area contributed by atoms with Crippen LogP contribution in [0.2, 0.25) is 0 Å². The molecule has 2 atom stereocenters. The Morgan fingerprint density at radius 2 is 2.24 bits per heavy atom. The number of rotatable bonds is 6. The van der Waals surface area contributed by atoms with Crippen LogP contribution in [0.25, 0.3) is 0 Å². The maximum absolute atomic E-state index is 5.40. The zero-order chi connectivity index (χ0) is 14.4. The Labute approximate surface area is 144 Å². The van der Waals surface area contributed by atoms with Gasteiger partial charge in [0.1, 0.15) is 0 Å². The van der Waals surface area contributed by atoms with E-state index in [0.717, 1.165) is 24.0 Å². The van der Waals surface area contributed by atoms with E-state index in [1.54, 1.807) is 6.20 Å². The van der Waals surface area contributed by atoms with Crippen LogP contribution < -0.4 is 15.4 Å². The number of halogens is 1. The third-order valence-electron chi connectivity index (χ3n) is 3.29. The lowest BCUT2D eigenvalue weighted by Crippen LogP contribution is -2.39. The molecule has 0 aliphatic heterocycles. The molecule has 0 bridgehead atoms. The lowest BCUT2D eigenvalue weighted by Gasteiger charge is -2.11. The molecule has 1 saturated carbocycles. The van der Waals surface area contributed by atoms with E-state index in [9.17, 15) is 0 Å². The molecule has 21 heavy (non-hydrogen) atoms. The Kier molecular flexibility index (Phi) is 7.77. The van der Waals surface area contributed by atoms with Crippen LogP contribution in [0.4, 0.5) is 0 Å². The topological polar surface area (TPSA) is 58.5 Å². The van der Waals surface area contributed by atoms with Crippen molar-refractivity contribution in [3.05, 3.63) is 23.9 Å². The van der Waals surface area contributed by atoms with E-state index >= 15 is 0 Å². The largest absolute Gasteiger partial charge is 0.478 e. The Morgan fingerprint density at radius 1 is 1.48 bits per heavy atom. The number of hydrogen-bond acceptors (Lipinski definition) is 3. The van der Waals surface area contributed by atoms with E-state index in [2.05, 4.69) is 34.5 Å². The van der Waals surface area contributed by atoms with Gasteiger partial charge in [-0.2, -0.15) is 0 Å². The van der Waals surface area contributed by atoms with E-state index < -0.39 is 0 Å². The monoisotopic (exact) mass is 404 g/mol. The molecule has 6 heteroatoms. The second kappa shape index (κ2) is 9.07. The molecule has 2 rings (SSSR count). The summed E-state index contributed by atoms with van der Waals surface area (Å²) in [5.41, 5.74) is 1.10. The van der Waals surface area contributed by atoms with Crippen molar-refractivity contribution in [1.82, 2.24) is 15.6 Å². The van der Waals surface area contributed by atoms with Crippen LogP contribution in [0.5, 0.6) is 5.88 Å². The van der Waals surface area contributed by atoms with Crippen molar-refractivity contribution in [2.45, 2.75) is 39.8 Å². The summed E-state index contributed by atoms with van der Waals surface area (Å²) < 4.78 is 5.40. The van der Waals surface area contributed by atoms with Gasteiger partial charge in [-0.25, -0.2) is 9.98 Å². The minimum absolute atomic E-state index is 0. The maximum atomic E-state index is 5.40. The average molecular weight is 404 g/mol. The Morgan fingerprint density at radius 3 is 2.86 bits per heavy atom. The molecule has 0 saturated heterocycles. The quantitative estimate of drug-likeness (QED) is 0.435. The van der Waals surface area contributed by atoms with Crippen LogP contribution in [0.15, 0.2) is 23.3 Å². The predicted octanol–water partition coefficient (Wildman–Crippen LogP) is 2.56. The van der Waals surface area contributed by atoms with Crippen molar-refractivity contribution < 1.29 is 4.74 Å². The van der Waals surface area contributed by atoms with Crippen molar-refractivity contribution >= 4 is 29.9 Å². The van der Waals surface area contributed by atoms with Gasteiger partial charge in [0.2, 0.25) is 5.88 Å². The van der Waals surface area contributed by atoms with Crippen molar-refractivity contribution in [3.63, 3.8) is 0 Å². The summed E-state index contributed by atoms with van der Waals surface area (Å²) in [6.07, 6.45) is 2.99. The van der Waals surface area contributed by atoms with Crippen molar-refractivity contribution in [2.75, 3.05) is 13.2 Å². The summed E-state index contributed by atoms with van der Waals surface area (Å²) in [7, 11) is 0. The van der Waals surface area contributed by atoms with Gasteiger partial charge in [0.15, 0.2) is 5.96 Å². The lowest BCUT2D eigenvalue weighted by atomic mass is 10.3. The second-order valence-corrected chi connectivity index (χ2v) is 5.09. The minimum Gasteiger partial charge on any atom is -0.478 e. The summed E-state index contributed by atoms with van der Waals surface area (Å²) in [4.78, 5) is 8.77. The number of ether oxygens (including phenoxy) is 1. The van der Waals surface area contributed by atoms with Crippen molar-refractivity contribution in [1.29, 1.82) is 0 Å². The highest BCUT2D eigenvalue weighted by molar-refractivity contribution is 14.0. The maximum Gasteiger partial charge on any atom is 0.213 e. The van der Waals surface area contributed by atoms with Gasteiger partial charge >= 0.3 is 0 Å². The molecule has 1 heterocycles. The summed E-state index contributed by atoms with van der Waals surface area (Å²) in [6, 6.07) is 4.48. The van der Waals surface area contributed by atoms with E-state index in [4.69, 9.17) is 4.74 Å². The van der Waals surface area contributed by atoms with Gasteiger partial charge in [0.25, 0.3) is 0 Å². The number of nitrogens with zero attached hydrogens (tertiary/aromatic N) is 2. The number of nitrogens with one attached hydrogen (secondary N) is 2. The third kappa shape index (κ3) is 6.07. The number of hydrogen-bond donors (Lipinski definition) is 2. The van der Waals surface area contributed by atoms with E-state index in [0.29, 0.717) is 25.1 Å². The first-order chi connectivity index (χ1) is 9.72. The van der Waals surface area contributed by atoms with Crippen LogP contribution in [-0.4, -0.2) is 30.1 Å². The normalized spacial score (nSPS) is 20.4. The fourth-order valence-corrected chi connectivity index (χ4v) is 1.96. The molecule has 0 radical (unpaired) electrons. The first kappa shape index (κ1) is 18.0. The third-order valence-corrected chi connectivity index (χ3v) is 3.29. The highest BCUT2D eigenvalue weighted by atomic mass is 127. The molecular weight excluding hydrogens is 379 g/mol. The Hall–Kier alpha value is -1.05. The second-order valence-electron chi connectivity index (χ2n) is 5.09. The standard InChI is InChI=1S/C15H24N4O.HI/c1-4-16-15(19-13-8-11(13)3)18-10-12-6-7-17-14(9-12)20-5-2;/h6-7,9,11,13H,4-5,8,10H2,1-3H3,(H2,16,18,19);1H. The first-order valence-corrected chi connectivity index (χ1v) is 7.35. The van der Waals surface area contributed by atoms with Gasteiger partial charge in [0.05, 0.1) is 13.2 Å². The van der Waals surface area contributed by atoms with Gasteiger partial charge < -0.3 is 15.4 Å². The minimum atomic E-state index is 0. The van der Waals surface area contributed by atoms with Crippen LogP contribution in [0.3, 0.4) is 0 Å². The van der Waals surface area contributed by atoms with Gasteiger partial charge in [-0.1, -0.05) is 6.92 Å². The fourth-order valence-electron chi connectivity index (χ4n) is 1.96. The molecule has 2 unspecified atom stereocenters. The van der Waals surface area contributed by atoms with Crippen molar-refractivity contribution in [2.24, 2.45) is 10.9 Å². The Balaban J connectivity index is 0.00000220. The molecule has 2 N–H and O–H groups in total. The molecular formula is C15H25IN4O. The molecule has 1 aliphatic rings. The van der Waals surface area contributed by atoms with E-state index in [-0.39, 0.29) is 24.0 Å². The SMILES string of the molecule is CCNC(=NCc1ccnc(OCC)c1)NC1CC1C.I. The fraction of sp³-hybridized carbons (Fsp3) is 0.600. The summed E-state index contributed by atoms with van der Waals surface area (Å²) >= 11 is 0. The van der Waals surface area contributed by atoms with E-state index in [1.165, 1.54) is 6.42 Å². The molecule has 0 aromatic carbocycles. The summed E-state index contributed by atoms with van der Waals surface area (Å²) in [5, 5.41) is 6.72. The highest BCUT2D eigenvalue weighted by Crippen LogP contribution is 2.28. The van der Waals surface area contributed by atoms with Crippen LogP contribution >= 0.6 is 24.0 Å². The molecule has 0 spiro atoms. The molecule has 1 aromatic rings. The predicted molar refractivity (Wildman–Crippen MR) is 96.3 cm³/mol. The van der Waals surface area contributed by atoms with Crippen LogP contribution in [-0.2, 0) is 6.54 Å². The Bertz CT molecular complexity index is 467. The lowest BCUT2D eigenvalue weighted by molar-refractivity contribution is 0.326. The highest BCUT2D eigenvalue weighted by Gasteiger charge is 2.33. The van der Waals surface area contributed by atoms with E-state index in [1.807, 2.05) is 19.1 Å². The van der Waals surface area contributed by atoms with Crippen molar-refractivity contribution in [3.8, 4) is 5.88 Å². The summed E-state index contributed by atoms with van der Waals surface area (Å²) in [6.45, 7) is 8.40. The average Bonchev–Trinajstić information content (AvgIpc) is 3.13. The molecule has 1 fully saturated rings. The molecule has 5 nitrogen and oxygen atoms in total. The zero-order valence-electron chi connectivity index (χ0n) is 12.9. The van der Waals surface area contributed by atoms with Crippen LogP contribution in [0.1, 0.15) is 32.8 Å². The van der Waals surface area contributed by atoms with Gasteiger partial charge in [0, 0.05) is 24.8 Å². The summed E-state index contributed by atoms with van der Waals surface area (Å²) in [5.74, 6) is 2.30. The number of pyridine rings is 1. The molecule has 1 aromatic heterocycles. The number of aromatic nitrogens is 1. The molecule has 0 amide bonds. The van der Waals surface area contributed by atoms with Gasteiger partial charge in [-0.3, -0.25) is 0 Å².